The Morgan fingerprint density at radius 2 is 1.92 bits per heavy atom. The fraction of sp³-hybridized carbons (Fsp3) is 0.556. The van der Waals surface area contributed by atoms with Crippen LogP contribution in [0.2, 0.25) is 18.1 Å². The van der Waals surface area contributed by atoms with Crippen molar-refractivity contribution in [2.24, 2.45) is 0 Å². The van der Waals surface area contributed by atoms with Gasteiger partial charge in [0.1, 0.15) is 13.2 Å². The minimum Gasteiger partial charge on any atom is -0.447 e. The second-order valence-electron chi connectivity index (χ2n) is 7.73. The van der Waals surface area contributed by atoms with Gasteiger partial charge in [0.25, 0.3) is 5.91 Å². The van der Waals surface area contributed by atoms with Crippen LogP contribution in [0.1, 0.15) is 26.3 Å². The Kier molecular flexibility index (Phi) is 5.50. The van der Waals surface area contributed by atoms with E-state index in [1.54, 1.807) is 0 Å². The van der Waals surface area contributed by atoms with E-state index in [9.17, 15) is 9.59 Å². The van der Waals surface area contributed by atoms with Crippen molar-refractivity contribution in [3.05, 3.63) is 35.9 Å². The van der Waals surface area contributed by atoms with Gasteiger partial charge >= 0.3 is 6.09 Å². The molecule has 1 aliphatic heterocycles. The lowest BCUT2D eigenvalue weighted by molar-refractivity contribution is -0.131. The highest BCUT2D eigenvalue weighted by Gasteiger charge is 2.41. The summed E-state index contributed by atoms with van der Waals surface area (Å²) < 4.78 is 11.0. The van der Waals surface area contributed by atoms with Gasteiger partial charge in [-0.15, -0.1) is 0 Å². The third kappa shape index (κ3) is 4.24. The molecule has 1 aromatic carbocycles. The summed E-state index contributed by atoms with van der Waals surface area (Å²) in [7, 11) is -2.04. The summed E-state index contributed by atoms with van der Waals surface area (Å²) in [6.07, 6.45) is 0.0260. The molecule has 0 saturated carbocycles. The minimum atomic E-state index is -2.04. The lowest BCUT2D eigenvalue weighted by Crippen LogP contribution is -2.47. The first-order chi connectivity index (χ1) is 11.1. The molecule has 1 fully saturated rings. The number of hydrogen-bond acceptors (Lipinski definition) is 4. The van der Waals surface area contributed by atoms with Gasteiger partial charge in [0.2, 0.25) is 0 Å². The Balaban J connectivity index is 2.02. The maximum Gasteiger partial charge on any atom is 0.417 e. The molecule has 1 aliphatic rings. The number of ether oxygens (including phenoxy) is 1. The molecule has 1 heterocycles. The molecule has 0 unspecified atom stereocenters. The van der Waals surface area contributed by atoms with Crippen molar-refractivity contribution in [3.8, 4) is 0 Å². The molecule has 1 atom stereocenters. The van der Waals surface area contributed by atoms with Gasteiger partial charge < -0.3 is 9.16 Å². The monoisotopic (exact) mass is 349 g/mol. The van der Waals surface area contributed by atoms with E-state index in [0.29, 0.717) is 6.42 Å². The van der Waals surface area contributed by atoms with Gasteiger partial charge in [-0.3, -0.25) is 4.79 Å². The SMILES string of the molecule is CC(C)(C)[Si](C)(C)OCC(=O)N1C(=O)OC[C@H]1Cc1ccccc1. The van der Waals surface area contributed by atoms with Crippen LogP contribution in [0.3, 0.4) is 0 Å². The van der Waals surface area contributed by atoms with Crippen molar-refractivity contribution in [2.45, 2.75) is 51.4 Å². The van der Waals surface area contributed by atoms with Gasteiger partial charge in [-0.05, 0) is 30.1 Å². The highest BCUT2D eigenvalue weighted by Crippen LogP contribution is 2.36. The topological polar surface area (TPSA) is 55.8 Å². The van der Waals surface area contributed by atoms with Crippen LogP contribution in [-0.4, -0.2) is 44.5 Å². The summed E-state index contributed by atoms with van der Waals surface area (Å²) in [5.41, 5.74) is 1.07. The first-order valence-electron chi connectivity index (χ1n) is 8.28. The van der Waals surface area contributed by atoms with Crippen LogP contribution >= 0.6 is 0 Å². The second kappa shape index (κ2) is 7.07. The number of cyclic esters (lactones) is 1. The molecule has 0 spiro atoms. The first-order valence-corrected chi connectivity index (χ1v) is 11.2. The van der Waals surface area contributed by atoms with Gasteiger partial charge in [0, 0.05) is 0 Å². The van der Waals surface area contributed by atoms with Crippen molar-refractivity contribution in [1.29, 1.82) is 0 Å². The number of nitrogens with zero attached hydrogens (tertiary/aromatic N) is 1. The number of amides is 2. The van der Waals surface area contributed by atoms with Crippen molar-refractivity contribution in [3.63, 3.8) is 0 Å². The lowest BCUT2D eigenvalue weighted by Gasteiger charge is -2.36. The summed E-state index contributed by atoms with van der Waals surface area (Å²) >= 11 is 0. The van der Waals surface area contributed by atoms with E-state index in [0.717, 1.165) is 5.56 Å². The van der Waals surface area contributed by atoms with Crippen molar-refractivity contribution in [1.82, 2.24) is 4.90 Å². The zero-order valence-corrected chi connectivity index (χ0v) is 16.2. The molecule has 6 heteroatoms. The van der Waals surface area contributed by atoms with Crippen LogP contribution in [0.4, 0.5) is 4.79 Å². The van der Waals surface area contributed by atoms with Crippen molar-refractivity contribution >= 4 is 20.3 Å². The maximum absolute atomic E-state index is 12.6. The molecule has 0 radical (unpaired) electrons. The number of rotatable bonds is 5. The fourth-order valence-electron chi connectivity index (χ4n) is 2.33. The smallest absolute Gasteiger partial charge is 0.417 e. The largest absolute Gasteiger partial charge is 0.447 e. The quantitative estimate of drug-likeness (QED) is 0.762. The number of imide groups is 1. The van der Waals surface area contributed by atoms with Crippen LogP contribution in [0.15, 0.2) is 30.3 Å². The van der Waals surface area contributed by atoms with Crippen LogP contribution in [0, 0.1) is 0 Å². The molecule has 2 amide bonds. The number of benzene rings is 1. The Morgan fingerprint density at radius 1 is 1.29 bits per heavy atom. The minimum absolute atomic E-state index is 0.0161. The molecule has 1 saturated heterocycles. The summed E-state index contributed by atoms with van der Waals surface area (Å²) in [5.74, 6) is -0.316. The van der Waals surface area contributed by atoms with Crippen LogP contribution < -0.4 is 0 Å². The summed E-state index contributed by atoms with van der Waals surface area (Å²) in [5, 5.41) is 0.0161. The zero-order valence-electron chi connectivity index (χ0n) is 15.2. The molecule has 0 bridgehead atoms. The van der Waals surface area contributed by atoms with E-state index >= 15 is 0 Å². The summed E-state index contributed by atoms with van der Waals surface area (Å²) in [6.45, 7) is 10.7. The first kappa shape index (κ1) is 18.7. The number of carbonyl (C=O) groups excluding carboxylic acids is 2. The predicted octanol–water partition coefficient (Wildman–Crippen LogP) is 3.60. The van der Waals surface area contributed by atoms with Gasteiger partial charge in [-0.2, -0.15) is 0 Å². The highest BCUT2D eigenvalue weighted by atomic mass is 28.4. The maximum atomic E-state index is 12.6. The number of hydrogen-bond donors (Lipinski definition) is 0. The van der Waals surface area contributed by atoms with E-state index < -0.39 is 14.4 Å². The summed E-state index contributed by atoms with van der Waals surface area (Å²) in [6, 6.07) is 9.53. The van der Waals surface area contributed by atoms with Crippen LogP contribution in [0.25, 0.3) is 0 Å². The van der Waals surface area contributed by atoms with E-state index in [1.807, 2.05) is 30.3 Å². The Hall–Kier alpha value is -1.66. The highest BCUT2D eigenvalue weighted by molar-refractivity contribution is 6.74. The Labute approximate surface area is 145 Å². The molecule has 24 heavy (non-hydrogen) atoms. The van der Waals surface area contributed by atoms with E-state index in [2.05, 4.69) is 33.9 Å². The predicted molar refractivity (Wildman–Crippen MR) is 95.3 cm³/mol. The molecular formula is C18H27NO4Si. The third-order valence-electron chi connectivity index (χ3n) is 4.91. The van der Waals surface area contributed by atoms with E-state index in [-0.39, 0.29) is 30.2 Å². The van der Waals surface area contributed by atoms with Gasteiger partial charge in [-0.1, -0.05) is 51.1 Å². The average molecular weight is 350 g/mol. The Bertz CT molecular complexity index is 595. The molecule has 0 N–H and O–H groups in total. The van der Waals surface area contributed by atoms with Gasteiger partial charge in [0.15, 0.2) is 8.32 Å². The molecule has 132 valence electrons. The molecule has 2 rings (SSSR count). The van der Waals surface area contributed by atoms with Gasteiger partial charge in [-0.25, -0.2) is 9.69 Å². The zero-order chi connectivity index (χ0) is 18.0. The average Bonchev–Trinajstić information content (AvgIpc) is 2.85. The van der Waals surface area contributed by atoms with E-state index in [4.69, 9.17) is 9.16 Å². The molecule has 0 aromatic heterocycles. The molecule has 1 aromatic rings. The number of carbonyl (C=O) groups is 2. The Morgan fingerprint density at radius 3 is 2.50 bits per heavy atom. The normalized spacial score (nSPS) is 18.6. The van der Waals surface area contributed by atoms with Crippen molar-refractivity contribution < 1.29 is 18.8 Å². The van der Waals surface area contributed by atoms with Gasteiger partial charge in [0.05, 0.1) is 6.04 Å². The standard InChI is InChI=1S/C18H27NO4Si/c1-18(2,3)24(4,5)23-13-16(20)19-15(12-22-17(19)21)11-14-9-7-6-8-10-14/h6-10,15H,11-13H2,1-5H3/t15-/m1/s1. The lowest BCUT2D eigenvalue weighted by atomic mass is 10.1. The summed E-state index contributed by atoms with van der Waals surface area (Å²) in [4.78, 5) is 25.8. The molecule has 5 nitrogen and oxygen atoms in total. The molecule has 0 aliphatic carbocycles. The van der Waals surface area contributed by atoms with E-state index in [1.165, 1.54) is 4.90 Å². The fourth-order valence-corrected chi connectivity index (χ4v) is 3.25. The molecular weight excluding hydrogens is 322 g/mol. The second-order valence-corrected chi connectivity index (χ2v) is 12.5. The van der Waals surface area contributed by atoms with Crippen molar-refractivity contribution in [2.75, 3.05) is 13.2 Å². The third-order valence-corrected chi connectivity index (χ3v) is 9.38. The van der Waals surface area contributed by atoms with Crippen LogP contribution in [0.5, 0.6) is 0 Å². The van der Waals surface area contributed by atoms with Crippen LogP contribution in [-0.2, 0) is 20.4 Å².